The summed E-state index contributed by atoms with van der Waals surface area (Å²) < 4.78 is 36.9. The van der Waals surface area contributed by atoms with Crippen LogP contribution >= 0.6 is 0 Å². The van der Waals surface area contributed by atoms with E-state index in [2.05, 4.69) is 0 Å². The van der Waals surface area contributed by atoms with Crippen LogP contribution in [-0.4, -0.2) is 6.18 Å². The van der Waals surface area contributed by atoms with Crippen LogP contribution in [0.15, 0.2) is 22.8 Å². The lowest BCUT2D eigenvalue weighted by atomic mass is 9.92. The first-order valence-corrected chi connectivity index (χ1v) is 3.84. The van der Waals surface area contributed by atoms with Gasteiger partial charge in [-0.2, -0.15) is 18.4 Å². The predicted octanol–water partition coefficient (Wildman–Crippen LogP) is 3.11. The van der Waals surface area contributed by atoms with Crippen molar-refractivity contribution < 1.29 is 13.2 Å². The number of halogens is 3. The van der Waals surface area contributed by atoms with Gasteiger partial charge >= 0.3 is 6.18 Å². The Morgan fingerprint density at radius 1 is 1.46 bits per heavy atom. The fraction of sp³-hybridized carbons (Fsp3) is 0.444. The van der Waals surface area contributed by atoms with Crippen molar-refractivity contribution in [2.75, 3.05) is 0 Å². The summed E-state index contributed by atoms with van der Waals surface area (Å²) >= 11 is 0. The molecule has 70 valence electrons. The van der Waals surface area contributed by atoms with Gasteiger partial charge in [-0.15, -0.1) is 0 Å². The summed E-state index contributed by atoms with van der Waals surface area (Å²) in [6.45, 7) is 1.57. The average molecular weight is 187 g/mol. The van der Waals surface area contributed by atoms with E-state index in [9.17, 15) is 13.2 Å². The zero-order chi connectivity index (χ0) is 10.1. The standard InChI is InChI=1S/C9H8F3N/c1-6-3-2-4-8(7(6)5-13)9(10,11)12/h4H,2-3H2,1H3. The van der Waals surface area contributed by atoms with Crippen LogP contribution in [0.25, 0.3) is 0 Å². The quantitative estimate of drug-likeness (QED) is 0.571. The highest BCUT2D eigenvalue weighted by Crippen LogP contribution is 2.36. The summed E-state index contributed by atoms with van der Waals surface area (Å²) in [5, 5.41) is 8.55. The van der Waals surface area contributed by atoms with E-state index in [0.29, 0.717) is 18.4 Å². The summed E-state index contributed by atoms with van der Waals surface area (Å²) in [6, 6.07) is 1.60. The molecule has 1 aliphatic carbocycles. The molecule has 0 radical (unpaired) electrons. The Hall–Kier alpha value is -1.24. The zero-order valence-electron chi connectivity index (χ0n) is 7.07. The first-order valence-electron chi connectivity index (χ1n) is 3.84. The summed E-state index contributed by atoms with van der Waals surface area (Å²) in [6.07, 6.45) is -2.40. The van der Waals surface area contributed by atoms with Crippen molar-refractivity contribution in [3.63, 3.8) is 0 Å². The number of hydrogen-bond acceptors (Lipinski definition) is 1. The SMILES string of the molecule is CC1=C(C#N)C(C(F)(F)F)=CCC1. The molecule has 1 nitrogen and oxygen atoms in total. The second-order valence-corrected chi connectivity index (χ2v) is 2.92. The van der Waals surface area contributed by atoms with Crippen LogP contribution in [0.2, 0.25) is 0 Å². The lowest BCUT2D eigenvalue weighted by Gasteiger charge is -2.16. The van der Waals surface area contributed by atoms with Gasteiger partial charge in [0.15, 0.2) is 0 Å². The van der Waals surface area contributed by atoms with Crippen molar-refractivity contribution in [1.82, 2.24) is 0 Å². The van der Waals surface area contributed by atoms with E-state index < -0.39 is 11.7 Å². The number of rotatable bonds is 0. The largest absolute Gasteiger partial charge is 0.417 e. The van der Waals surface area contributed by atoms with E-state index in [1.807, 2.05) is 0 Å². The second-order valence-electron chi connectivity index (χ2n) is 2.92. The topological polar surface area (TPSA) is 23.8 Å². The molecule has 0 heterocycles. The summed E-state index contributed by atoms with van der Waals surface area (Å²) in [4.78, 5) is 0. The van der Waals surface area contributed by atoms with E-state index in [1.165, 1.54) is 0 Å². The number of allylic oxidation sites excluding steroid dienone is 4. The van der Waals surface area contributed by atoms with E-state index in [0.717, 1.165) is 6.08 Å². The molecule has 0 bridgehead atoms. The lowest BCUT2D eigenvalue weighted by molar-refractivity contribution is -0.0894. The van der Waals surface area contributed by atoms with Gasteiger partial charge in [0.1, 0.15) is 0 Å². The maximum atomic E-state index is 12.3. The van der Waals surface area contributed by atoms with Gasteiger partial charge in [-0.25, -0.2) is 0 Å². The van der Waals surface area contributed by atoms with Gasteiger partial charge in [-0.3, -0.25) is 0 Å². The molecule has 0 N–H and O–H groups in total. The Balaban J connectivity index is 3.13. The van der Waals surface area contributed by atoms with E-state index >= 15 is 0 Å². The maximum absolute atomic E-state index is 12.3. The Bertz CT molecular complexity index is 315. The molecular formula is C9H8F3N. The molecule has 0 aromatic rings. The first-order chi connectivity index (χ1) is 5.96. The van der Waals surface area contributed by atoms with Crippen LogP contribution in [0, 0.1) is 11.3 Å². The minimum absolute atomic E-state index is 0.209. The third-order valence-electron chi connectivity index (χ3n) is 1.98. The minimum atomic E-state index is -4.40. The second kappa shape index (κ2) is 3.25. The number of alkyl halides is 3. The number of hydrogen-bond donors (Lipinski definition) is 0. The van der Waals surface area contributed by atoms with E-state index in [1.54, 1.807) is 13.0 Å². The molecule has 0 saturated heterocycles. The summed E-state index contributed by atoms with van der Waals surface area (Å²) in [5.41, 5.74) is -0.463. The molecule has 4 heteroatoms. The third-order valence-corrected chi connectivity index (χ3v) is 1.98. The lowest BCUT2D eigenvalue weighted by Crippen LogP contribution is -2.16. The third kappa shape index (κ3) is 1.92. The van der Waals surface area contributed by atoms with Crippen molar-refractivity contribution in [1.29, 1.82) is 5.26 Å². The van der Waals surface area contributed by atoms with Gasteiger partial charge in [-0.05, 0) is 19.8 Å². The predicted molar refractivity (Wildman–Crippen MR) is 41.7 cm³/mol. The van der Waals surface area contributed by atoms with Gasteiger partial charge in [0.2, 0.25) is 0 Å². The van der Waals surface area contributed by atoms with Crippen molar-refractivity contribution >= 4 is 0 Å². The molecule has 0 unspecified atom stereocenters. The molecule has 0 aromatic heterocycles. The number of nitriles is 1. The molecular weight excluding hydrogens is 179 g/mol. The van der Waals surface area contributed by atoms with Crippen LogP contribution in [0.4, 0.5) is 13.2 Å². The maximum Gasteiger partial charge on any atom is 0.417 e. The fourth-order valence-corrected chi connectivity index (χ4v) is 1.30. The van der Waals surface area contributed by atoms with Crippen LogP contribution in [0.5, 0.6) is 0 Å². The van der Waals surface area contributed by atoms with Gasteiger partial charge in [0.25, 0.3) is 0 Å². The Kier molecular flexibility index (Phi) is 2.46. The molecule has 1 rings (SSSR count). The highest BCUT2D eigenvalue weighted by Gasteiger charge is 2.37. The normalized spacial score (nSPS) is 18.2. The highest BCUT2D eigenvalue weighted by molar-refractivity contribution is 5.49. The Morgan fingerprint density at radius 3 is 2.46 bits per heavy atom. The molecule has 0 saturated carbocycles. The van der Waals surface area contributed by atoms with Gasteiger partial charge in [-0.1, -0.05) is 11.6 Å². The molecule has 0 aliphatic heterocycles. The van der Waals surface area contributed by atoms with E-state index in [-0.39, 0.29) is 5.57 Å². The number of nitrogens with zero attached hydrogens (tertiary/aromatic N) is 1. The summed E-state index contributed by atoms with van der Waals surface area (Å²) in [5.74, 6) is 0. The van der Waals surface area contributed by atoms with Crippen molar-refractivity contribution in [3.8, 4) is 6.07 Å². The summed E-state index contributed by atoms with van der Waals surface area (Å²) in [7, 11) is 0. The molecule has 0 atom stereocenters. The monoisotopic (exact) mass is 187 g/mol. The first kappa shape index (κ1) is 9.85. The molecule has 13 heavy (non-hydrogen) atoms. The van der Waals surface area contributed by atoms with E-state index in [4.69, 9.17) is 5.26 Å². The van der Waals surface area contributed by atoms with Crippen LogP contribution < -0.4 is 0 Å². The molecule has 0 fully saturated rings. The van der Waals surface area contributed by atoms with Crippen LogP contribution in [0.1, 0.15) is 19.8 Å². The average Bonchev–Trinajstić information content (AvgIpc) is 2.02. The van der Waals surface area contributed by atoms with Crippen LogP contribution in [0.3, 0.4) is 0 Å². The smallest absolute Gasteiger partial charge is 0.192 e. The molecule has 1 aliphatic rings. The Morgan fingerprint density at radius 2 is 2.08 bits per heavy atom. The highest BCUT2D eigenvalue weighted by atomic mass is 19.4. The zero-order valence-corrected chi connectivity index (χ0v) is 7.07. The van der Waals surface area contributed by atoms with Crippen molar-refractivity contribution in [2.45, 2.75) is 25.9 Å². The van der Waals surface area contributed by atoms with Gasteiger partial charge < -0.3 is 0 Å². The Labute approximate surface area is 74.2 Å². The molecule has 0 aromatic carbocycles. The molecule has 0 amide bonds. The van der Waals surface area contributed by atoms with Crippen LogP contribution in [-0.2, 0) is 0 Å². The van der Waals surface area contributed by atoms with Gasteiger partial charge in [0, 0.05) is 0 Å². The van der Waals surface area contributed by atoms with Crippen molar-refractivity contribution in [3.05, 3.63) is 22.8 Å². The molecule has 0 spiro atoms. The van der Waals surface area contributed by atoms with Gasteiger partial charge in [0.05, 0.1) is 17.2 Å². The van der Waals surface area contributed by atoms with Crippen molar-refractivity contribution in [2.24, 2.45) is 0 Å². The fourth-order valence-electron chi connectivity index (χ4n) is 1.30. The minimum Gasteiger partial charge on any atom is -0.192 e.